The third-order valence-electron chi connectivity index (χ3n) is 2.88. The third-order valence-corrected chi connectivity index (χ3v) is 3.78. The van der Waals surface area contributed by atoms with E-state index in [1.807, 2.05) is 12.1 Å². The normalized spacial score (nSPS) is 10.3. The first kappa shape index (κ1) is 14.8. The van der Waals surface area contributed by atoms with E-state index in [1.165, 1.54) is 0 Å². The zero-order valence-electron chi connectivity index (χ0n) is 10.7. The zero-order valence-corrected chi connectivity index (χ0v) is 13.0. The quantitative estimate of drug-likeness (QED) is 0.625. The molecule has 0 bridgehead atoms. The number of nitro benzene ring substituents is 1. The molecule has 20 heavy (non-hydrogen) atoms. The van der Waals surface area contributed by atoms with Crippen molar-refractivity contribution in [3.8, 4) is 0 Å². The standard InChI is InChI=1S/C14H12BrClN2O2/c1-9-2-3-10(6-14(9)18(19)20)8-17-13-5-4-11(16)7-12(13)15/h2-7,17H,8H2,1H3. The number of halogens is 2. The Morgan fingerprint density at radius 3 is 2.70 bits per heavy atom. The van der Waals surface area contributed by atoms with E-state index in [1.54, 1.807) is 31.2 Å². The summed E-state index contributed by atoms with van der Waals surface area (Å²) in [5.41, 5.74) is 2.53. The van der Waals surface area contributed by atoms with Gasteiger partial charge in [0.2, 0.25) is 0 Å². The van der Waals surface area contributed by atoms with Crippen molar-refractivity contribution in [2.24, 2.45) is 0 Å². The molecular weight excluding hydrogens is 344 g/mol. The molecule has 2 aromatic carbocycles. The average molecular weight is 356 g/mol. The summed E-state index contributed by atoms with van der Waals surface area (Å²) in [6, 6.07) is 10.7. The van der Waals surface area contributed by atoms with Gasteiger partial charge in [-0.05, 0) is 46.6 Å². The predicted molar refractivity (Wildman–Crippen MR) is 84.3 cm³/mol. The van der Waals surface area contributed by atoms with Crippen molar-refractivity contribution in [3.05, 3.63) is 67.1 Å². The van der Waals surface area contributed by atoms with Crippen LogP contribution >= 0.6 is 27.5 Å². The maximum absolute atomic E-state index is 10.9. The van der Waals surface area contributed by atoms with Crippen LogP contribution < -0.4 is 5.32 Å². The number of hydrogen-bond acceptors (Lipinski definition) is 3. The molecule has 2 aromatic rings. The molecule has 0 aliphatic carbocycles. The molecule has 6 heteroatoms. The first-order valence-electron chi connectivity index (χ1n) is 5.90. The fourth-order valence-corrected chi connectivity index (χ4v) is 2.61. The van der Waals surface area contributed by atoms with Gasteiger partial charge >= 0.3 is 0 Å². The summed E-state index contributed by atoms with van der Waals surface area (Å²) in [6.45, 7) is 2.23. The van der Waals surface area contributed by atoms with Crippen LogP contribution in [0.4, 0.5) is 11.4 Å². The molecule has 0 aromatic heterocycles. The van der Waals surface area contributed by atoms with Gasteiger partial charge in [0.25, 0.3) is 5.69 Å². The van der Waals surface area contributed by atoms with E-state index >= 15 is 0 Å². The van der Waals surface area contributed by atoms with Crippen LogP contribution in [0.2, 0.25) is 5.02 Å². The first-order valence-corrected chi connectivity index (χ1v) is 7.07. The number of benzene rings is 2. The second-order valence-electron chi connectivity index (χ2n) is 4.36. The fourth-order valence-electron chi connectivity index (χ4n) is 1.79. The van der Waals surface area contributed by atoms with Gasteiger partial charge in [-0.2, -0.15) is 0 Å². The lowest BCUT2D eigenvalue weighted by Crippen LogP contribution is -2.01. The molecule has 0 heterocycles. The Balaban J connectivity index is 2.15. The van der Waals surface area contributed by atoms with Gasteiger partial charge in [0.1, 0.15) is 0 Å². The number of anilines is 1. The molecular formula is C14H12BrClN2O2. The maximum atomic E-state index is 10.9. The van der Waals surface area contributed by atoms with E-state index < -0.39 is 0 Å². The second-order valence-corrected chi connectivity index (χ2v) is 5.65. The average Bonchev–Trinajstić information content (AvgIpc) is 2.39. The van der Waals surface area contributed by atoms with Crippen LogP contribution in [0.3, 0.4) is 0 Å². The largest absolute Gasteiger partial charge is 0.380 e. The van der Waals surface area contributed by atoms with E-state index in [4.69, 9.17) is 11.6 Å². The summed E-state index contributed by atoms with van der Waals surface area (Å²) >= 11 is 9.29. The van der Waals surface area contributed by atoms with Crippen molar-refractivity contribution < 1.29 is 4.92 Å². The highest BCUT2D eigenvalue weighted by molar-refractivity contribution is 9.10. The summed E-state index contributed by atoms with van der Waals surface area (Å²) in [5.74, 6) is 0. The molecule has 1 N–H and O–H groups in total. The summed E-state index contributed by atoms with van der Waals surface area (Å²) < 4.78 is 0.853. The molecule has 0 unspecified atom stereocenters. The van der Waals surface area contributed by atoms with Crippen LogP contribution in [0.15, 0.2) is 40.9 Å². The van der Waals surface area contributed by atoms with Gasteiger partial charge in [0.15, 0.2) is 0 Å². The van der Waals surface area contributed by atoms with E-state index in [0.717, 1.165) is 15.7 Å². The molecule has 0 aliphatic rings. The Hall–Kier alpha value is -1.59. The molecule has 0 radical (unpaired) electrons. The lowest BCUT2D eigenvalue weighted by Gasteiger charge is -2.09. The van der Waals surface area contributed by atoms with Crippen LogP contribution in [0.5, 0.6) is 0 Å². The Morgan fingerprint density at radius 2 is 2.05 bits per heavy atom. The van der Waals surface area contributed by atoms with Crippen molar-refractivity contribution in [1.29, 1.82) is 0 Å². The minimum atomic E-state index is -0.364. The Kier molecular flexibility index (Phi) is 4.62. The van der Waals surface area contributed by atoms with Crippen LogP contribution in [0, 0.1) is 17.0 Å². The van der Waals surface area contributed by atoms with Gasteiger partial charge in [0.05, 0.1) is 4.92 Å². The van der Waals surface area contributed by atoms with Crippen LogP contribution in [-0.2, 0) is 6.54 Å². The molecule has 0 fully saturated rings. The third kappa shape index (κ3) is 3.49. The van der Waals surface area contributed by atoms with Gasteiger partial charge < -0.3 is 5.32 Å². The number of hydrogen-bond donors (Lipinski definition) is 1. The van der Waals surface area contributed by atoms with Crippen molar-refractivity contribution in [2.45, 2.75) is 13.5 Å². The number of nitrogens with one attached hydrogen (secondary N) is 1. The summed E-state index contributed by atoms with van der Waals surface area (Å²) in [4.78, 5) is 10.5. The van der Waals surface area contributed by atoms with Crippen molar-refractivity contribution in [3.63, 3.8) is 0 Å². The first-order chi connectivity index (χ1) is 9.47. The summed E-state index contributed by atoms with van der Waals surface area (Å²) in [7, 11) is 0. The fraction of sp³-hybridized carbons (Fsp3) is 0.143. The minimum absolute atomic E-state index is 0.138. The highest BCUT2D eigenvalue weighted by Crippen LogP contribution is 2.27. The molecule has 0 amide bonds. The lowest BCUT2D eigenvalue weighted by molar-refractivity contribution is -0.385. The van der Waals surface area contributed by atoms with E-state index in [9.17, 15) is 10.1 Å². The predicted octanol–water partition coefficient (Wildman–Crippen LogP) is 4.93. The molecule has 0 spiro atoms. The minimum Gasteiger partial charge on any atom is -0.380 e. The smallest absolute Gasteiger partial charge is 0.272 e. The molecule has 0 aliphatic heterocycles. The number of aryl methyl sites for hydroxylation is 1. The number of nitro groups is 1. The maximum Gasteiger partial charge on any atom is 0.272 e. The van der Waals surface area contributed by atoms with E-state index in [-0.39, 0.29) is 10.6 Å². The number of nitrogens with zero attached hydrogens (tertiary/aromatic N) is 1. The van der Waals surface area contributed by atoms with Gasteiger partial charge in [0, 0.05) is 33.4 Å². The van der Waals surface area contributed by atoms with Crippen molar-refractivity contribution in [1.82, 2.24) is 0 Å². The van der Waals surface area contributed by atoms with Crippen molar-refractivity contribution >= 4 is 38.9 Å². The van der Waals surface area contributed by atoms with Crippen LogP contribution in [0.25, 0.3) is 0 Å². The number of rotatable bonds is 4. The second kappa shape index (κ2) is 6.24. The molecule has 2 rings (SSSR count). The zero-order chi connectivity index (χ0) is 14.7. The van der Waals surface area contributed by atoms with E-state index in [0.29, 0.717) is 17.1 Å². The summed E-state index contributed by atoms with van der Waals surface area (Å²) in [5, 5.41) is 14.8. The topological polar surface area (TPSA) is 55.2 Å². The van der Waals surface area contributed by atoms with Crippen LogP contribution in [0.1, 0.15) is 11.1 Å². The van der Waals surface area contributed by atoms with Crippen molar-refractivity contribution in [2.75, 3.05) is 5.32 Å². The molecule has 0 saturated heterocycles. The van der Waals surface area contributed by atoms with Gasteiger partial charge in [-0.15, -0.1) is 0 Å². The highest BCUT2D eigenvalue weighted by atomic mass is 79.9. The highest BCUT2D eigenvalue weighted by Gasteiger charge is 2.11. The lowest BCUT2D eigenvalue weighted by atomic mass is 10.1. The van der Waals surface area contributed by atoms with Crippen LogP contribution in [-0.4, -0.2) is 4.92 Å². The van der Waals surface area contributed by atoms with Gasteiger partial charge in [-0.25, -0.2) is 0 Å². The van der Waals surface area contributed by atoms with Gasteiger partial charge in [-0.3, -0.25) is 10.1 Å². The molecule has 0 saturated carbocycles. The molecule has 104 valence electrons. The molecule has 4 nitrogen and oxygen atoms in total. The monoisotopic (exact) mass is 354 g/mol. The Bertz CT molecular complexity index is 662. The van der Waals surface area contributed by atoms with Gasteiger partial charge in [-0.1, -0.05) is 23.7 Å². The molecule has 0 atom stereocenters. The SMILES string of the molecule is Cc1ccc(CNc2ccc(Cl)cc2Br)cc1[N+](=O)[O-]. The Morgan fingerprint density at radius 1 is 1.30 bits per heavy atom. The summed E-state index contributed by atoms with van der Waals surface area (Å²) in [6.07, 6.45) is 0. The Labute approximate surface area is 130 Å². The van der Waals surface area contributed by atoms with E-state index in [2.05, 4.69) is 21.2 Å².